The van der Waals surface area contributed by atoms with Crippen LogP contribution in [-0.2, 0) is 11.3 Å². The molecule has 1 aliphatic heterocycles. The maximum absolute atomic E-state index is 12.8. The fraction of sp³-hybridized carbons (Fsp3) is 0.381. The van der Waals surface area contributed by atoms with E-state index in [1.165, 1.54) is 5.56 Å². The molecule has 3 rings (SSSR count). The Bertz CT molecular complexity index is 704. The number of carbonyl (C=O) groups is 1. The van der Waals surface area contributed by atoms with E-state index in [1.807, 2.05) is 29.2 Å². The highest BCUT2D eigenvalue weighted by Gasteiger charge is 2.24. The molecule has 0 radical (unpaired) electrons. The van der Waals surface area contributed by atoms with Crippen LogP contribution in [0, 0.1) is 6.92 Å². The van der Waals surface area contributed by atoms with E-state index in [0.717, 1.165) is 42.7 Å². The average molecular weight is 338 g/mol. The summed E-state index contributed by atoms with van der Waals surface area (Å²) in [5, 5.41) is 3.58. The molecular formula is C21H26N2O2. The van der Waals surface area contributed by atoms with Crippen LogP contribution in [0.15, 0.2) is 48.5 Å². The van der Waals surface area contributed by atoms with E-state index in [0.29, 0.717) is 12.6 Å². The summed E-state index contributed by atoms with van der Waals surface area (Å²) in [4.78, 5) is 14.8. The summed E-state index contributed by atoms with van der Waals surface area (Å²) in [5.74, 6) is 0.112. The van der Waals surface area contributed by atoms with Gasteiger partial charge >= 0.3 is 0 Å². The Hall–Kier alpha value is -2.33. The first-order valence-electron chi connectivity index (χ1n) is 8.86. The van der Waals surface area contributed by atoms with Crippen LogP contribution in [0.2, 0.25) is 0 Å². The van der Waals surface area contributed by atoms with Crippen molar-refractivity contribution in [3.63, 3.8) is 0 Å². The molecule has 0 aromatic heterocycles. The third-order valence-corrected chi connectivity index (χ3v) is 4.75. The van der Waals surface area contributed by atoms with E-state index in [1.54, 1.807) is 7.11 Å². The Kier molecular flexibility index (Phi) is 5.71. The summed E-state index contributed by atoms with van der Waals surface area (Å²) in [7, 11) is 1.66. The number of anilines is 1. The summed E-state index contributed by atoms with van der Waals surface area (Å²) in [5.41, 5.74) is 4.13. The maximum Gasteiger partial charge on any atom is 0.254 e. The van der Waals surface area contributed by atoms with Gasteiger partial charge < -0.3 is 15.0 Å². The molecule has 1 fully saturated rings. The number of likely N-dealkylation sites (tertiary alicyclic amines) is 1. The third kappa shape index (κ3) is 4.40. The van der Waals surface area contributed by atoms with E-state index in [9.17, 15) is 4.79 Å². The molecule has 4 heteroatoms. The van der Waals surface area contributed by atoms with Crippen LogP contribution in [0.5, 0.6) is 0 Å². The number of nitrogens with one attached hydrogen (secondary N) is 1. The number of amides is 1. The summed E-state index contributed by atoms with van der Waals surface area (Å²) >= 11 is 0. The van der Waals surface area contributed by atoms with Gasteiger partial charge in [-0.3, -0.25) is 4.79 Å². The summed E-state index contributed by atoms with van der Waals surface area (Å²) in [6.45, 7) is 4.12. The number of ether oxygens (including phenoxy) is 1. The topological polar surface area (TPSA) is 41.6 Å². The van der Waals surface area contributed by atoms with Crippen LogP contribution in [0.3, 0.4) is 0 Å². The number of piperidine rings is 1. The van der Waals surface area contributed by atoms with Gasteiger partial charge in [0.25, 0.3) is 5.91 Å². The zero-order chi connectivity index (χ0) is 17.6. The Balaban J connectivity index is 1.58. The van der Waals surface area contributed by atoms with E-state index < -0.39 is 0 Å². The summed E-state index contributed by atoms with van der Waals surface area (Å²) in [6, 6.07) is 16.6. The predicted octanol–water partition coefficient (Wildman–Crippen LogP) is 3.86. The van der Waals surface area contributed by atoms with Crippen LogP contribution < -0.4 is 5.32 Å². The first-order valence-corrected chi connectivity index (χ1v) is 8.86. The summed E-state index contributed by atoms with van der Waals surface area (Å²) < 4.78 is 5.22. The molecule has 0 bridgehead atoms. The van der Waals surface area contributed by atoms with Crippen molar-refractivity contribution in [1.29, 1.82) is 0 Å². The van der Waals surface area contributed by atoms with Crippen LogP contribution in [0.25, 0.3) is 0 Å². The molecule has 1 heterocycles. The lowest BCUT2D eigenvalue weighted by Crippen LogP contribution is -2.42. The Morgan fingerprint density at radius 2 is 1.80 bits per heavy atom. The van der Waals surface area contributed by atoms with Gasteiger partial charge in [0, 0.05) is 37.5 Å². The Morgan fingerprint density at radius 1 is 1.12 bits per heavy atom. The third-order valence-electron chi connectivity index (χ3n) is 4.75. The number of carbonyl (C=O) groups excluding carboxylic acids is 1. The molecular weight excluding hydrogens is 312 g/mol. The van der Waals surface area contributed by atoms with E-state index in [-0.39, 0.29) is 5.91 Å². The molecule has 0 atom stereocenters. The first-order chi connectivity index (χ1) is 12.2. The number of methoxy groups -OCH3 is 1. The van der Waals surface area contributed by atoms with Gasteiger partial charge in [0.05, 0.1) is 6.61 Å². The fourth-order valence-corrected chi connectivity index (χ4v) is 3.29. The molecule has 1 N–H and O–H groups in total. The lowest BCUT2D eigenvalue weighted by molar-refractivity contribution is 0.0713. The van der Waals surface area contributed by atoms with Crippen molar-refractivity contribution in [1.82, 2.24) is 4.90 Å². The molecule has 0 spiro atoms. The van der Waals surface area contributed by atoms with E-state index >= 15 is 0 Å². The fourth-order valence-electron chi connectivity index (χ4n) is 3.29. The molecule has 2 aromatic carbocycles. The van der Waals surface area contributed by atoms with Crippen molar-refractivity contribution in [2.45, 2.75) is 32.4 Å². The van der Waals surface area contributed by atoms with Crippen LogP contribution >= 0.6 is 0 Å². The second-order valence-electron chi connectivity index (χ2n) is 6.67. The molecule has 1 saturated heterocycles. The Morgan fingerprint density at radius 3 is 2.48 bits per heavy atom. The predicted molar refractivity (Wildman–Crippen MR) is 101 cm³/mol. The van der Waals surface area contributed by atoms with Gasteiger partial charge in [-0.2, -0.15) is 0 Å². The second kappa shape index (κ2) is 8.17. The van der Waals surface area contributed by atoms with Crippen molar-refractivity contribution >= 4 is 11.6 Å². The maximum atomic E-state index is 12.8. The van der Waals surface area contributed by atoms with Crippen molar-refractivity contribution in [3.05, 3.63) is 65.2 Å². The van der Waals surface area contributed by atoms with E-state index in [2.05, 4.69) is 36.5 Å². The number of nitrogens with zero attached hydrogens (tertiary/aromatic N) is 1. The number of benzene rings is 2. The highest BCUT2D eigenvalue weighted by Crippen LogP contribution is 2.20. The molecule has 4 nitrogen and oxygen atoms in total. The number of rotatable bonds is 5. The average Bonchev–Trinajstić information content (AvgIpc) is 2.64. The molecule has 0 saturated carbocycles. The molecule has 0 aliphatic carbocycles. The number of hydrogen-bond acceptors (Lipinski definition) is 3. The number of aryl methyl sites for hydroxylation is 1. The largest absolute Gasteiger partial charge is 0.382 e. The molecule has 0 unspecified atom stereocenters. The van der Waals surface area contributed by atoms with Gasteiger partial charge in [0.2, 0.25) is 0 Å². The summed E-state index contributed by atoms with van der Waals surface area (Å²) in [6.07, 6.45) is 1.93. The van der Waals surface area contributed by atoms with Gasteiger partial charge in [-0.25, -0.2) is 0 Å². The van der Waals surface area contributed by atoms with Gasteiger partial charge in [0.1, 0.15) is 0 Å². The second-order valence-corrected chi connectivity index (χ2v) is 6.67. The lowest BCUT2D eigenvalue weighted by atomic mass is 10.0. The quantitative estimate of drug-likeness (QED) is 0.900. The standard InChI is InChI=1S/C21H26N2O2/c1-16-7-9-18(10-8-16)22-19-11-13-23(14-12-19)21(24)20-6-4-3-5-17(20)15-25-2/h3-10,19,22H,11-15H2,1-2H3. The minimum absolute atomic E-state index is 0.112. The molecule has 25 heavy (non-hydrogen) atoms. The van der Waals surface area contributed by atoms with Crippen molar-refractivity contribution in [2.75, 3.05) is 25.5 Å². The molecule has 1 aliphatic rings. The Labute approximate surface area is 149 Å². The van der Waals surface area contributed by atoms with Crippen LogP contribution in [0.4, 0.5) is 5.69 Å². The monoisotopic (exact) mass is 338 g/mol. The van der Waals surface area contributed by atoms with Crippen molar-refractivity contribution < 1.29 is 9.53 Å². The SMILES string of the molecule is COCc1ccccc1C(=O)N1CCC(Nc2ccc(C)cc2)CC1. The normalized spacial score (nSPS) is 15.2. The smallest absolute Gasteiger partial charge is 0.254 e. The van der Waals surface area contributed by atoms with Crippen molar-refractivity contribution in [2.24, 2.45) is 0 Å². The first kappa shape index (κ1) is 17.5. The van der Waals surface area contributed by atoms with Gasteiger partial charge in [0.15, 0.2) is 0 Å². The van der Waals surface area contributed by atoms with Crippen LogP contribution in [-0.4, -0.2) is 37.0 Å². The minimum Gasteiger partial charge on any atom is -0.382 e. The van der Waals surface area contributed by atoms with Gasteiger partial charge in [-0.15, -0.1) is 0 Å². The zero-order valence-corrected chi connectivity index (χ0v) is 15.0. The highest BCUT2D eigenvalue weighted by molar-refractivity contribution is 5.95. The van der Waals surface area contributed by atoms with Crippen molar-refractivity contribution in [3.8, 4) is 0 Å². The molecule has 132 valence electrons. The molecule has 2 aromatic rings. The van der Waals surface area contributed by atoms with Gasteiger partial charge in [-0.05, 0) is 43.5 Å². The van der Waals surface area contributed by atoms with E-state index in [4.69, 9.17) is 4.74 Å². The lowest BCUT2D eigenvalue weighted by Gasteiger charge is -2.33. The van der Waals surface area contributed by atoms with Crippen LogP contribution in [0.1, 0.15) is 34.3 Å². The zero-order valence-electron chi connectivity index (χ0n) is 15.0. The highest BCUT2D eigenvalue weighted by atomic mass is 16.5. The number of hydrogen-bond donors (Lipinski definition) is 1. The minimum atomic E-state index is 0.112. The molecule has 1 amide bonds. The van der Waals surface area contributed by atoms with Gasteiger partial charge in [-0.1, -0.05) is 35.9 Å².